The van der Waals surface area contributed by atoms with Gasteiger partial charge in [-0.1, -0.05) is 27.7 Å². The number of amides is 3. The van der Waals surface area contributed by atoms with Gasteiger partial charge in [0.25, 0.3) is 5.91 Å². The summed E-state index contributed by atoms with van der Waals surface area (Å²) in [6.45, 7) is 10.4. The largest absolute Gasteiger partial charge is 0.400 e. The maximum Gasteiger partial charge on any atom is 0.322 e. The van der Waals surface area contributed by atoms with Crippen LogP contribution in [0.1, 0.15) is 86.0 Å². The van der Waals surface area contributed by atoms with Gasteiger partial charge in [-0.2, -0.15) is 0 Å². The lowest BCUT2D eigenvalue weighted by molar-refractivity contribution is -0.125. The standard InChI is InChI=1S/C9H14N2O2.C8H16O.C2H6.CH4O/c1-6-2-4-9(5-3-6)7(12)10-8(13)11-9;1-7-3-5-8(2,9)6-4-7;2*1-2/h6H,2-5H2,1H3,(H2,10,11,12,13);7,9H,3-6H2,1-2H3;1-2H3;2H,1H3. The lowest BCUT2D eigenvalue weighted by atomic mass is 9.77. The summed E-state index contributed by atoms with van der Waals surface area (Å²) in [5, 5.41) is 21.5. The molecule has 0 atom stereocenters. The van der Waals surface area contributed by atoms with Crippen LogP contribution in [0.15, 0.2) is 0 Å². The van der Waals surface area contributed by atoms with Gasteiger partial charge >= 0.3 is 6.03 Å². The zero-order valence-corrected chi connectivity index (χ0v) is 17.5. The number of urea groups is 1. The predicted molar refractivity (Wildman–Crippen MR) is 105 cm³/mol. The molecule has 2 saturated carbocycles. The van der Waals surface area contributed by atoms with Crippen LogP contribution in [-0.2, 0) is 4.79 Å². The highest BCUT2D eigenvalue weighted by atomic mass is 16.3. The van der Waals surface area contributed by atoms with Gasteiger partial charge in [-0.3, -0.25) is 10.1 Å². The fourth-order valence-corrected chi connectivity index (χ4v) is 3.52. The number of rotatable bonds is 0. The second-order valence-corrected chi connectivity index (χ2v) is 7.85. The molecule has 6 nitrogen and oxygen atoms in total. The number of hydrogen-bond acceptors (Lipinski definition) is 4. The monoisotopic (exact) mass is 372 g/mol. The molecule has 1 heterocycles. The van der Waals surface area contributed by atoms with E-state index < -0.39 is 5.54 Å². The smallest absolute Gasteiger partial charge is 0.322 e. The summed E-state index contributed by atoms with van der Waals surface area (Å²) in [6.07, 6.45) is 8.00. The van der Waals surface area contributed by atoms with Gasteiger partial charge in [-0.25, -0.2) is 4.79 Å². The molecule has 0 aromatic heterocycles. The van der Waals surface area contributed by atoms with E-state index in [0.29, 0.717) is 5.92 Å². The third-order valence-corrected chi connectivity index (χ3v) is 5.49. The molecule has 1 spiro atoms. The van der Waals surface area contributed by atoms with Crippen LogP contribution in [0, 0.1) is 11.8 Å². The van der Waals surface area contributed by atoms with Crippen molar-refractivity contribution in [1.29, 1.82) is 0 Å². The van der Waals surface area contributed by atoms with Crippen molar-refractivity contribution >= 4 is 11.9 Å². The van der Waals surface area contributed by atoms with E-state index in [-0.39, 0.29) is 17.5 Å². The van der Waals surface area contributed by atoms with Crippen molar-refractivity contribution in [2.24, 2.45) is 11.8 Å². The van der Waals surface area contributed by atoms with Crippen molar-refractivity contribution in [3.8, 4) is 0 Å². The zero-order chi connectivity index (χ0) is 20.4. The first-order chi connectivity index (χ1) is 12.2. The molecule has 26 heavy (non-hydrogen) atoms. The molecular formula is C20H40N2O4. The van der Waals surface area contributed by atoms with Crippen LogP contribution >= 0.6 is 0 Å². The molecule has 0 aromatic rings. The van der Waals surface area contributed by atoms with Crippen LogP contribution in [0.4, 0.5) is 4.79 Å². The molecule has 3 aliphatic rings. The second kappa shape index (κ2) is 11.5. The molecular weight excluding hydrogens is 332 g/mol. The average Bonchev–Trinajstić information content (AvgIpc) is 2.91. The van der Waals surface area contributed by atoms with Crippen molar-refractivity contribution in [2.75, 3.05) is 7.11 Å². The van der Waals surface area contributed by atoms with Crippen LogP contribution in [0.3, 0.4) is 0 Å². The minimum absolute atomic E-state index is 0.135. The Hall–Kier alpha value is -1.14. The topological polar surface area (TPSA) is 98.7 Å². The summed E-state index contributed by atoms with van der Waals surface area (Å²) in [4.78, 5) is 22.4. The highest BCUT2D eigenvalue weighted by Crippen LogP contribution is 2.33. The maximum absolute atomic E-state index is 11.5. The molecule has 1 saturated heterocycles. The molecule has 1 aliphatic heterocycles. The van der Waals surface area contributed by atoms with Gasteiger partial charge in [0.1, 0.15) is 5.54 Å². The van der Waals surface area contributed by atoms with E-state index in [0.717, 1.165) is 51.6 Å². The average molecular weight is 373 g/mol. The molecule has 0 aromatic carbocycles. The molecule has 154 valence electrons. The van der Waals surface area contributed by atoms with E-state index in [2.05, 4.69) is 24.5 Å². The molecule has 0 bridgehead atoms. The second-order valence-electron chi connectivity index (χ2n) is 7.85. The van der Waals surface area contributed by atoms with Crippen molar-refractivity contribution in [1.82, 2.24) is 10.6 Å². The molecule has 4 N–H and O–H groups in total. The quantitative estimate of drug-likeness (QED) is 0.490. The Morgan fingerprint density at radius 2 is 1.27 bits per heavy atom. The van der Waals surface area contributed by atoms with E-state index in [9.17, 15) is 14.7 Å². The lowest BCUT2D eigenvalue weighted by Crippen LogP contribution is -2.49. The number of carbonyl (C=O) groups is 2. The Balaban J connectivity index is 0.000000422. The Morgan fingerprint density at radius 1 is 0.885 bits per heavy atom. The Kier molecular flexibility index (Phi) is 11.0. The highest BCUT2D eigenvalue weighted by molar-refractivity contribution is 6.07. The maximum atomic E-state index is 11.5. The SMILES string of the molecule is CC.CC1CCC(C)(O)CC1.CC1CCC2(CC1)NC(=O)NC2=O.CO. The molecule has 3 amide bonds. The Labute approximate surface area is 159 Å². The highest BCUT2D eigenvalue weighted by Gasteiger charge is 2.47. The number of aliphatic hydroxyl groups excluding tert-OH is 1. The fraction of sp³-hybridized carbons (Fsp3) is 0.900. The molecule has 2 aliphatic carbocycles. The number of hydrogen-bond donors (Lipinski definition) is 4. The summed E-state index contributed by atoms with van der Waals surface area (Å²) in [6, 6.07) is -0.334. The molecule has 0 unspecified atom stereocenters. The van der Waals surface area contributed by atoms with Gasteiger partial charge in [0, 0.05) is 7.11 Å². The van der Waals surface area contributed by atoms with Crippen LogP contribution < -0.4 is 10.6 Å². The normalized spacial score (nSPS) is 35.5. The van der Waals surface area contributed by atoms with Gasteiger partial charge in [0.05, 0.1) is 5.60 Å². The van der Waals surface area contributed by atoms with E-state index in [1.807, 2.05) is 20.8 Å². The van der Waals surface area contributed by atoms with Crippen molar-refractivity contribution < 1.29 is 19.8 Å². The van der Waals surface area contributed by atoms with Gasteiger partial charge in [-0.05, 0) is 70.1 Å². The number of imide groups is 1. The zero-order valence-electron chi connectivity index (χ0n) is 17.5. The third kappa shape index (κ3) is 7.62. The Bertz CT molecular complexity index is 420. The summed E-state index contributed by atoms with van der Waals surface area (Å²) >= 11 is 0. The number of nitrogens with one attached hydrogen (secondary N) is 2. The van der Waals surface area contributed by atoms with E-state index in [1.54, 1.807) is 0 Å². The molecule has 3 rings (SSSR count). The summed E-state index contributed by atoms with van der Waals surface area (Å²) < 4.78 is 0. The summed E-state index contributed by atoms with van der Waals surface area (Å²) in [5.41, 5.74) is -0.907. The van der Waals surface area contributed by atoms with Gasteiger partial charge in [0.2, 0.25) is 0 Å². The lowest BCUT2D eigenvalue weighted by Gasteiger charge is -2.32. The Morgan fingerprint density at radius 3 is 1.58 bits per heavy atom. The predicted octanol–water partition coefficient (Wildman–Crippen LogP) is 3.36. The van der Waals surface area contributed by atoms with E-state index in [4.69, 9.17) is 5.11 Å². The van der Waals surface area contributed by atoms with Crippen LogP contribution in [0.5, 0.6) is 0 Å². The van der Waals surface area contributed by atoms with Gasteiger partial charge in [-0.15, -0.1) is 0 Å². The van der Waals surface area contributed by atoms with Crippen molar-refractivity contribution in [3.63, 3.8) is 0 Å². The minimum atomic E-state index is -0.566. The van der Waals surface area contributed by atoms with Crippen LogP contribution in [0.2, 0.25) is 0 Å². The van der Waals surface area contributed by atoms with Crippen molar-refractivity contribution in [3.05, 3.63) is 0 Å². The first-order valence-corrected chi connectivity index (χ1v) is 10.0. The number of aliphatic hydroxyl groups is 2. The van der Waals surface area contributed by atoms with E-state index >= 15 is 0 Å². The van der Waals surface area contributed by atoms with Gasteiger partial charge < -0.3 is 15.5 Å². The fourth-order valence-electron chi connectivity index (χ4n) is 3.52. The molecule has 0 radical (unpaired) electrons. The first-order valence-electron chi connectivity index (χ1n) is 10.0. The molecule has 3 fully saturated rings. The summed E-state index contributed by atoms with van der Waals surface area (Å²) in [5.74, 6) is 1.38. The van der Waals surface area contributed by atoms with Crippen LogP contribution in [-0.4, -0.2) is 40.4 Å². The first kappa shape index (κ1) is 24.9. The van der Waals surface area contributed by atoms with E-state index in [1.165, 1.54) is 12.8 Å². The van der Waals surface area contributed by atoms with Crippen LogP contribution in [0.25, 0.3) is 0 Å². The van der Waals surface area contributed by atoms with Crippen molar-refractivity contribution in [2.45, 2.75) is 97.1 Å². The van der Waals surface area contributed by atoms with Gasteiger partial charge in [0.15, 0.2) is 0 Å². The number of carbonyl (C=O) groups excluding carboxylic acids is 2. The third-order valence-electron chi connectivity index (χ3n) is 5.49. The summed E-state index contributed by atoms with van der Waals surface area (Å²) in [7, 11) is 1.00. The molecule has 6 heteroatoms. The minimum Gasteiger partial charge on any atom is -0.400 e.